The van der Waals surface area contributed by atoms with Gasteiger partial charge in [0.05, 0.1) is 0 Å². The van der Waals surface area contributed by atoms with E-state index in [0.717, 1.165) is 28.0 Å². The zero-order valence-corrected chi connectivity index (χ0v) is 21.8. The van der Waals surface area contributed by atoms with Crippen LogP contribution in [0.4, 0.5) is 35.9 Å². The molecule has 0 N–H and O–H groups in total. The number of nitrogens with zero attached hydrogens (tertiary/aromatic N) is 3. The molecule has 3 rings (SSSR count). The van der Waals surface area contributed by atoms with Crippen molar-refractivity contribution in [3.8, 4) is 0 Å². The van der Waals surface area contributed by atoms with E-state index in [1.807, 2.05) is 44.7 Å². The number of hydrogen-bond acceptors (Lipinski definition) is 5. The van der Waals surface area contributed by atoms with Gasteiger partial charge in [0, 0.05) is 51.7 Å². The Kier molecular flexibility index (Phi) is 8.79. The van der Waals surface area contributed by atoms with E-state index in [1.54, 1.807) is 4.90 Å². The lowest BCUT2D eigenvalue weighted by Gasteiger charge is -2.35. The molecule has 2 aliphatic rings. The summed E-state index contributed by atoms with van der Waals surface area (Å²) < 4.78 is 85.7. The molecule has 2 fully saturated rings. The predicted octanol–water partition coefficient (Wildman–Crippen LogP) is 5.47. The van der Waals surface area contributed by atoms with Crippen LogP contribution in [0.5, 0.6) is 0 Å². The van der Waals surface area contributed by atoms with Crippen molar-refractivity contribution in [3.05, 3.63) is 34.9 Å². The Labute approximate surface area is 217 Å². The topological polar surface area (TPSA) is 62.3 Å². The van der Waals surface area contributed by atoms with E-state index in [9.17, 15) is 35.9 Å². The number of aryl methyl sites for hydroxylation is 1. The third-order valence-corrected chi connectivity index (χ3v) is 6.42. The first kappa shape index (κ1) is 29.9. The number of likely N-dealkylation sites (tertiary alicyclic amines) is 1. The molecule has 7 nitrogen and oxygen atoms in total. The third kappa shape index (κ3) is 7.90. The first-order valence-electron chi connectivity index (χ1n) is 12.3. The van der Waals surface area contributed by atoms with Gasteiger partial charge >= 0.3 is 24.5 Å². The minimum atomic E-state index is -5.75. The van der Waals surface area contributed by atoms with E-state index in [4.69, 9.17) is 4.74 Å². The highest BCUT2D eigenvalue weighted by Gasteiger charge is 2.60. The van der Waals surface area contributed by atoms with E-state index in [-0.39, 0.29) is 38.2 Å². The van der Waals surface area contributed by atoms with E-state index in [0.29, 0.717) is 19.6 Å². The van der Waals surface area contributed by atoms with Crippen LogP contribution in [-0.4, -0.2) is 90.2 Å². The highest BCUT2D eigenvalue weighted by Crippen LogP contribution is 2.36. The lowest BCUT2D eigenvalue weighted by molar-refractivity contribution is -0.308. The number of piperazine rings is 1. The van der Waals surface area contributed by atoms with E-state index >= 15 is 0 Å². The molecular weight excluding hydrogens is 520 g/mol. The SMILES string of the molecule is Cc1ccc(CN2CCN(C(=O)OC(C(F)(F)F)C(F)(F)F)CC2)c(C2CCN(C(=O)OC(C)(C)C)C2)c1. The van der Waals surface area contributed by atoms with Crippen molar-refractivity contribution < 1.29 is 45.4 Å². The molecule has 2 aliphatic heterocycles. The average Bonchev–Trinajstić information content (AvgIpc) is 3.27. The third-order valence-electron chi connectivity index (χ3n) is 6.42. The van der Waals surface area contributed by atoms with E-state index < -0.39 is 30.2 Å². The molecule has 38 heavy (non-hydrogen) atoms. The Morgan fingerprint density at radius 3 is 2.08 bits per heavy atom. The monoisotopic (exact) mass is 553 g/mol. The van der Waals surface area contributed by atoms with Crippen molar-refractivity contribution in [2.45, 2.75) is 70.6 Å². The Morgan fingerprint density at radius 2 is 1.53 bits per heavy atom. The number of rotatable bonds is 4. The Balaban J connectivity index is 1.60. The van der Waals surface area contributed by atoms with Gasteiger partial charge in [-0.2, -0.15) is 26.3 Å². The highest BCUT2D eigenvalue weighted by atomic mass is 19.4. The fourth-order valence-corrected chi connectivity index (χ4v) is 4.57. The van der Waals surface area contributed by atoms with Crippen LogP contribution in [0.1, 0.15) is 49.8 Å². The van der Waals surface area contributed by atoms with Gasteiger partial charge < -0.3 is 19.3 Å². The van der Waals surface area contributed by atoms with Crippen LogP contribution in [0.15, 0.2) is 18.2 Å². The maximum absolute atomic E-state index is 12.7. The smallest absolute Gasteiger partial charge is 0.434 e. The minimum absolute atomic E-state index is 0.0711. The summed E-state index contributed by atoms with van der Waals surface area (Å²) in [6, 6.07) is 6.01. The molecule has 0 bridgehead atoms. The molecule has 2 amide bonds. The molecule has 0 aromatic heterocycles. The van der Waals surface area contributed by atoms with Crippen LogP contribution in [0, 0.1) is 6.92 Å². The van der Waals surface area contributed by atoms with Gasteiger partial charge in [0.15, 0.2) is 0 Å². The minimum Gasteiger partial charge on any atom is -0.444 e. The number of hydrogen-bond donors (Lipinski definition) is 0. The highest BCUT2D eigenvalue weighted by molar-refractivity contribution is 5.69. The molecule has 13 heteroatoms. The van der Waals surface area contributed by atoms with Crippen LogP contribution in [0.3, 0.4) is 0 Å². The summed E-state index contributed by atoms with van der Waals surface area (Å²) in [5.74, 6) is 0.0929. The second-order valence-corrected chi connectivity index (χ2v) is 10.7. The Hall–Kier alpha value is -2.70. The second-order valence-electron chi connectivity index (χ2n) is 10.7. The standard InChI is InChI=1S/C25H33F6N3O4/c1-16-5-6-17(19(13-16)18-7-8-34(15-18)22(36)38-23(2,3)4)14-32-9-11-33(12-10-32)21(35)37-20(24(26,27)28)25(29,30)31/h5-6,13,18,20H,7-12,14-15H2,1-4H3. The number of benzene rings is 1. The Morgan fingerprint density at radius 1 is 0.921 bits per heavy atom. The van der Waals surface area contributed by atoms with Gasteiger partial charge in [-0.3, -0.25) is 4.90 Å². The zero-order chi connectivity index (χ0) is 28.5. The number of amides is 2. The van der Waals surface area contributed by atoms with Gasteiger partial charge in [-0.25, -0.2) is 9.59 Å². The van der Waals surface area contributed by atoms with Gasteiger partial charge in [-0.1, -0.05) is 23.8 Å². The van der Waals surface area contributed by atoms with E-state index in [1.165, 1.54) is 0 Å². The van der Waals surface area contributed by atoms with Crippen molar-refractivity contribution in [2.75, 3.05) is 39.3 Å². The number of carbonyl (C=O) groups is 2. The second kappa shape index (κ2) is 11.2. The number of alkyl halides is 6. The van der Waals surface area contributed by atoms with Crippen LogP contribution in [0.25, 0.3) is 0 Å². The van der Waals surface area contributed by atoms with Gasteiger partial charge in [0.25, 0.3) is 6.10 Å². The normalized spacial score (nSPS) is 19.7. The molecular formula is C25H33F6N3O4. The number of carbonyl (C=O) groups excluding carboxylic acids is 2. The molecule has 0 aliphatic carbocycles. The fraction of sp³-hybridized carbons (Fsp3) is 0.680. The summed E-state index contributed by atoms with van der Waals surface area (Å²) in [7, 11) is 0. The van der Waals surface area contributed by atoms with Crippen molar-refractivity contribution in [3.63, 3.8) is 0 Å². The van der Waals surface area contributed by atoms with Crippen molar-refractivity contribution in [1.29, 1.82) is 0 Å². The van der Waals surface area contributed by atoms with Crippen LogP contribution < -0.4 is 0 Å². The van der Waals surface area contributed by atoms with Gasteiger partial charge in [0.1, 0.15) is 5.60 Å². The average molecular weight is 554 g/mol. The number of halogens is 6. The Bertz CT molecular complexity index is 986. The summed E-state index contributed by atoms with van der Waals surface area (Å²) in [5.41, 5.74) is 2.54. The molecule has 2 heterocycles. The molecule has 1 aromatic rings. The maximum Gasteiger partial charge on any atom is 0.434 e. The summed E-state index contributed by atoms with van der Waals surface area (Å²) in [6.07, 6.45) is -16.9. The molecule has 0 saturated carbocycles. The summed E-state index contributed by atoms with van der Waals surface area (Å²) >= 11 is 0. The first-order valence-corrected chi connectivity index (χ1v) is 12.3. The van der Waals surface area contributed by atoms with Crippen molar-refractivity contribution in [2.24, 2.45) is 0 Å². The van der Waals surface area contributed by atoms with Gasteiger partial charge in [0.2, 0.25) is 0 Å². The fourth-order valence-electron chi connectivity index (χ4n) is 4.57. The lowest BCUT2D eigenvalue weighted by Crippen LogP contribution is -2.52. The van der Waals surface area contributed by atoms with Crippen LogP contribution in [0.2, 0.25) is 0 Å². The molecule has 214 valence electrons. The quantitative estimate of drug-likeness (QED) is 0.463. The van der Waals surface area contributed by atoms with Crippen LogP contribution >= 0.6 is 0 Å². The van der Waals surface area contributed by atoms with E-state index in [2.05, 4.69) is 10.8 Å². The van der Waals surface area contributed by atoms with Gasteiger partial charge in [-0.15, -0.1) is 0 Å². The molecule has 1 unspecified atom stereocenters. The summed E-state index contributed by atoms with van der Waals surface area (Å²) in [4.78, 5) is 29.1. The molecule has 1 aromatic carbocycles. The van der Waals surface area contributed by atoms with Crippen molar-refractivity contribution in [1.82, 2.24) is 14.7 Å². The lowest BCUT2D eigenvalue weighted by atomic mass is 9.91. The molecule has 2 saturated heterocycles. The van der Waals surface area contributed by atoms with Gasteiger partial charge in [-0.05, 0) is 45.2 Å². The molecule has 0 radical (unpaired) electrons. The van der Waals surface area contributed by atoms with Crippen LogP contribution in [-0.2, 0) is 16.0 Å². The summed E-state index contributed by atoms with van der Waals surface area (Å²) in [5, 5.41) is 0. The summed E-state index contributed by atoms with van der Waals surface area (Å²) in [6.45, 7) is 9.29. The maximum atomic E-state index is 12.7. The largest absolute Gasteiger partial charge is 0.444 e. The molecule has 0 spiro atoms. The number of ether oxygens (including phenoxy) is 2. The molecule has 1 atom stereocenters. The van der Waals surface area contributed by atoms with Crippen molar-refractivity contribution >= 4 is 12.2 Å². The first-order chi connectivity index (χ1) is 17.4. The predicted molar refractivity (Wildman–Crippen MR) is 126 cm³/mol. The zero-order valence-electron chi connectivity index (χ0n) is 21.8.